The highest BCUT2D eigenvalue weighted by Gasteiger charge is 2.17. The summed E-state index contributed by atoms with van der Waals surface area (Å²) in [6.45, 7) is 0.422. The van der Waals surface area contributed by atoms with Crippen molar-refractivity contribution in [1.82, 2.24) is 14.9 Å². The van der Waals surface area contributed by atoms with Gasteiger partial charge in [-0.1, -0.05) is 47.6 Å². The van der Waals surface area contributed by atoms with Gasteiger partial charge >= 0.3 is 0 Å². The van der Waals surface area contributed by atoms with Crippen LogP contribution in [0.4, 0.5) is 8.78 Å². The van der Waals surface area contributed by atoms with Crippen LogP contribution in [0, 0.1) is 11.6 Å². The second-order valence-electron chi connectivity index (χ2n) is 7.16. The van der Waals surface area contributed by atoms with E-state index in [-0.39, 0.29) is 27.9 Å². The normalized spacial score (nSPS) is 11.0. The van der Waals surface area contributed by atoms with Gasteiger partial charge < -0.3 is 5.32 Å². The molecular formula is C24H18ClF2N3O2S. The van der Waals surface area contributed by atoms with Gasteiger partial charge in [0, 0.05) is 17.6 Å². The number of para-hydroxylation sites is 1. The molecule has 0 aliphatic carbocycles. The Morgan fingerprint density at radius 2 is 1.82 bits per heavy atom. The predicted octanol–water partition coefficient (Wildman–Crippen LogP) is 4.77. The van der Waals surface area contributed by atoms with Gasteiger partial charge in [0.05, 0.1) is 22.3 Å². The van der Waals surface area contributed by atoms with Crippen LogP contribution in [0.25, 0.3) is 16.6 Å². The summed E-state index contributed by atoms with van der Waals surface area (Å²) in [5.41, 5.74) is 0.818. The largest absolute Gasteiger partial charge is 0.355 e. The summed E-state index contributed by atoms with van der Waals surface area (Å²) in [6, 6.07) is 17.0. The maximum absolute atomic E-state index is 14.5. The van der Waals surface area contributed by atoms with E-state index in [1.807, 2.05) is 12.1 Å². The number of fused-ring (bicyclic) bond motifs is 1. The third-order valence-corrected chi connectivity index (χ3v) is 6.07. The first-order valence-corrected chi connectivity index (χ1v) is 11.4. The van der Waals surface area contributed by atoms with Gasteiger partial charge in [0.1, 0.15) is 11.6 Å². The third kappa shape index (κ3) is 5.40. The van der Waals surface area contributed by atoms with Crippen molar-refractivity contribution in [2.75, 3.05) is 12.3 Å². The Labute approximate surface area is 197 Å². The summed E-state index contributed by atoms with van der Waals surface area (Å²) < 4.78 is 29.0. The Hall–Kier alpha value is -3.23. The summed E-state index contributed by atoms with van der Waals surface area (Å²) >= 11 is 6.87. The Morgan fingerprint density at radius 3 is 2.58 bits per heavy atom. The average molecular weight is 486 g/mol. The van der Waals surface area contributed by atoms with Crippen LogP contribution in [0.3, 0.4) is 0 Å². The zero-order valence-electron chi connectivity index (χ0n) is 17.2. The summed E-state index contributed by atoms with van der Waals surface area (Å²) in [6.07, 6.45) is 0.632. The van der Waals surface area contributed by atoms with Gasteiger partial charge in [-0.25, -0.2) is 13.8 Å². The molecule has 168 valence electrons. The molecule has 3 aromatic carbocycles. The molecule has 4 rings (SSSR count). The van der Waals surface area contributed by atoms with Crippen molar-refractivity contribution in [2.24, 2.45) is 0 Å². The second-order valence-corrected chi connectivity index (χ2v) is 8.54. The predicted molar refractivity (Wildman–Crippen MR) is 126 cm³/mol. The highest BCUT2D eigenvalue weighted by Crippen LogP contribution is 2.23. The molecule has 33 heavy (non-hydrogen) atoms. The Balaban J connectivity index is 1.54. The molecule has 9 heteroatoms. The monoisotopic (exact) mass is 485 g/mol. The summed E-state index contributed by atoms with van der Waals surface area (Å²) in [5.74, 6) is -1.95. The first-order valence-electron chi connectivity index (χ1n) is 10.0. The van der Waals surface area contributed by atoms with Crippen molar-refractivity contribution < 1.29 is 13.6 Å². The molecule has 0 fully saturated rings. The van der Waals surface area contributed by atoms with Crippen LogP contribution in [-0.2, 0) is 11.2 Å². The fourth-order valence-corrected chi connectivity index (χ4v) is 4.22. The molecule has 4 aromatic rings. The molecule has 5 nitrogen and oxygen atoms in total. The lowest BCUT2D eigenvalue weighted by Crippen LogP contribution is -2.28. The zero-order chi connectivity index (χ0) is 23.4. The Kier molecular flexibility index (Phi) is 7.05. The van der Waals surface area contributed by atoms with Crippen molar-refractivity contribution in [3.05, 3.63) is 99.3 Å². The number of nitrogens with one attached hydrogen (secondary N) is 1. The fourth-order valence-electron chi connectivity index (χ4n) is 3.26. The SMILES string of the molecule is O=C(CSc1nc2ccccc2c(=O)n1-c1ccc(F)cc1F)NCCc1ccc(Cl)cc1. The maximum atomic E-state index is 14.5. The fraction of sp³-hybridized carbons (Fsp3) is 0.125. The van der Waals surface area contributed by atoms with E-state index in [0.717, 1.165) is 28.0 Å². The van der Waals surface area contributed by atoms with Crippen molar-refractivity contribution in [1.29, 1.82) is 0 Å². The standard InChI is InChI=1S/C24H18ClF2N3O2S/c25-16-7-5-15(6-8-16)11-12-28-22(31)14-33-24-29-20-4-2-1-3-18(20)23(32)30(24)21-10-9-17(26)13-19(21)27/h1-10,13H,11-12,14H2,(H,28,31). The van der Waals surface area contributed by atoms with Crippen molar-refractivity contribution in [2.45, 2.75) is 11.6 Å². The molecule has 0 unspecified atom stereocenters. The van der Waals surface area contributed by atoms with E-state index in [4.69, 9.17) is 11.6 Å². The molecule has 1 heterocycles. The van der Waals surface area contributed by atoms with E-state index >= 15 is 0 Å². The second kappa shape index (κ2) is 10.1. The highest BCUT2D eigenvalue weighted by molar-refractivity contribution is 7.99. The van der Waals surface area contributed by atoms with Gasteiger partial charge in [-0.05, 0) is 48.4 Å². The number of aromatic nitrogens is 2. The number of hydrogen-bond donors (Lipinski definition) is 1. The minimum Gasteiger partial charge on any atom is -0.355 e. The number of carbonyl (C=O) groups excluding carboxylic acids is 1. The molecule has 0 spiro atoms. The summed E-state index contributed by atoms with van der Waals surface area (Å²) in [7, 11) is 0. The molecule has 1 N–H and O–H groups in total. The van der Waals surface area contributed by atoms with Gasteiger partial charge in [0.15, 0.2) is 5.16 Å². The molecule has 0 saturated heterocycles. The molecule has 0 atom stereocenters. The van der Waals surface area contributed by atoms with Crippen molar-refractivity contribution >= 4 is 40.2 Å². The van der Waals surface area contributed by atoms with Crippen LogP contribution in [-0.4, -0.2) is 27.8 Å². The quantitative estimate of drug-likeness (QED) is 0.302. The van der Waals surface area contributed by atoms with Crippen molar-refractivity contribution in [3.8, 4) is 5.69 Å². The van der Waals surface area contributed by atoms with Gasteiger partial charge in [-0.2, -0.15) is 0 Å². The maximum Gasteiger partial charge on any atom is 0.266 e. The topological polar surface area (TPSA) is 64.0 Å². The van der Waals surface area contributed by atoms with Crippen LogP contribution < -0.4 is 10.9 Å². The Bertz CT molecular complexity index is 1380. The third-order valence-electron chi connectivity index (χ3n) is 4.88. The molecular weight excluding hydrogens is 468 g/mol. The van der Waals surface area contributed by atoms with Crippen LogP contribution in [0.15, 0.2) is 76.7 Å². The number of hydrogen-bond acceptors (Lipinski definition) is 4. The van der Waals surface area contributed by atoms with Crippen LogP contribution in [0.2, 0.25) is 5.02 Å². The van der Waals surface area contributed by atoms with Crippen LogP contribution in [0.1, 0.15) is 5.56 Å². The lowest BCUT2D eigenvalue weighted by molar-refractivity contribution is -0.118. The zero-order valence-corrected chi connectivity index (χ0v) is 18.8. The Morgan fingerprint density at radius 1 is 1.06 bits per heavy atom. The lowest BCUT2D eigenvalue weighted by Gasteiger charge is -2.14. The molecule has 0 aliphatic heterocycles. The van der Waals surface area contributed by atoms with Gasteiger partial charge in [0.2, 0.25) is 5.91 Å². The average Bonchev–Trinajstić information content (AvgIpc) is 2.80. The van der Waals surface area contributed by atoms with E-state index in [9.17, 15) is 18.4 Å². The van der Waals surface area contributed by atoms with Gasteiger partial charge in [-0.15, -0.1) is 0 Å². The first-order chi connectivity index (χ1) is 15.9. The number of carbonyl (C=O) groups is 1. The number of thioether (sulfide) groups is 1. The van der Waals surface area contributed by atoms with E-state index in [2.05, 4.69) is 10.3 Å². The van der Waals surface area contributed by atoms with E-state index in [0.29, 0.717) is 29.6 Å². The highest BCUT2D eigenvalue weighted by atomic mass is 35.5. The van der Waals surface area contributed by atoms with E-state index < -0.39 is 17.2 Å². The van der Waals surface area contributed by atoms with Crippen molar-refractivity contribution in [3.63, 3.8) is 0 Å². The molecule has 1 amide bonds. The minimum atomic E-state index is -0.900. The van der Waals surface area contributed by atoms with Crippen LogP contribution in [0.5, 0.6) is 0 Å². The molecule has 0 aliphatic rings. The van der Waals surface area contributed by atoms with Gasteiger partial charge in [0.25, 0.3) is 5.56 Å². The van der Waals surface area contributed by atoms with E-state index in [1.54, 1.807) is 36.4 Å². The van der Waals surface area contributed by atoms with Gasteiger partial charge in [-0.3, -0.25) is 14.2 Å². The first kappa shape index (κ1) is 22.9. The summed E-state index contributed by atoms with van der Waals surface area (Å²) in [4.78, 5) is 30.0. The number of amides is 1. The molecule has 0 saturated carbocycles. The smallest absolute Gasteiger partial charge is 0.266 e. The van der Waals surface area contributed by atoms with Crippen LogP contribution >= 0.6 is 23.4 Å². The molecule has 0 bridgehead atoms. The minimum absolute atomic E-state index is 0.0335. The number of halogens is 3. The number of benzene rings is 3. The number of nitrogens with zero attached hydrogens (tertiary/aromatic N) is 2. The molecule has 1 aromatic heterocycles. The number of rotatable bonds is 7. The molecule has 0 radical (unpaired) electrons. The lowest BCUT2D eigenvalue weighted by atomic mass is 10.1. The summed E-state index contributed by atoms with van der Waals surface area (Å²) in [5, 5.41) is 3.88. The van der Waals surface area contributed by atoms with E-state index in [1.165, 1.54) is 6.07 Å².